The number of carbonyl (C=O) groups is 1. The molecular weight excluding hydrogens is 392 g/mol. The molecule has 0 saturated carbocycles. The molecule has 0 N–H and O–H groups in total. The van der Waals surface area contributed by atoms with E-state index in [-0.39, 0.29) is 12.7 Å². The maximum atomic E-state index is 12.5. The van der Waals surface area contributed by atoms with Crippen molar-refractivity contribution in [3.05, 3.63) is 51.2 Å². The zero-order chi connectivity index (χ0) is 16.7. The summed E-state index contributed by atoms with van der Waals surface area (Å²) in [5.41, 5.74) is 1.55. The zero-order valence-corrected chi connectivity index (χ0v) is 15.2. The highest BCUT2D eigenvalue weighted by molar-refractivity contribution is 9.10. The smallest absolute Gasteiger partial charge is 0.279 e. The molecule has 0 atom stereocenters. The van der Waals surface area contributed by atoms with Gasteiger partial charge in [-0.1, -0.05) is 33.3 Å². The van der Waals surface area contributed by atoms with Crippen molar-refractivity contribution in [2.75, 3.05) is 6.79 Å². The minimum absolute atomic E-state index is 0.247. The molecule has 1 aliphatic rings. The van der Waals surface area contributed by atoms with Crippen molar-refractivity contribution in [1.29, 1.82) is 0 Å². The average Bonchev–Trinajstić information content (AvgIpc) is 3.15. The van der Waals surface area contributed by atoms with Crippen LogP contribution in [0.25, 0.3) is 10.2 Å². The molecule has 1 amide bonds. The van der Waals surface area contributed by atoms with Crippen LogP contribution < -0.4 is 14.3 Å². The molecule has 0 spiro atoms. The number of rotatable bonds is 2. The van der Waals surface area contributed by atoms with Crippen molar-refractivity contribution in [2.45, 2.75) is 13.5 Å². The number of hydrogen-bond donors (Lipinski definition) is 0. The van der Waals surface area contributed by atoms with Gasteiger partial charge >= 0.3 is 0 Å². The molecule has 0 aliphatic carbocycles. The molecule has 1 aromatic heterocycles. The fraction of sp³-hybridized carbons (Fsp3) is 0.176. The molecular formula is C17H13BrN2O3S. The number of aryl methyl sites for hydroxylation is 1. The second-order valence-corrected chi connectivity index (χ2v) is 7.15. The minimum Gasteiger partial charge on any atom is -0.454 e. The van der Waals surface area contributed by atoms with Gasteiger partial charge in [0.1, 0.15) is 0 Å². The number of fused-ring (bicyclic) bond motifs is 2. The second-order valence-electron chi connectivity index (χ2n) is 5.23. The van der Waals surface area contributed by atoms with E-state index in [0.717, 1.165) is 26.2 Å². The van der Waals surface area contributed by atoms with E-state index in [0.29, 0.717) is 16.9 Å². The van der Waals surface area contributed by atoms with Crippen molar-refractivity contribution in [3.63, 3.8) is 0 Å². The quantitative estimate of drug-likeness (QED) is 0.649. The van der Waals surface area contributed by atoms with Crippen molar-refractivity contribution in [1.82, 2.24) is 4.57 Å². The van der Waals surface area contributed by atoms with Crippen LogP contribution in [-0.4, -0.2) is 17.3 Å². The molecule has 2 heterocycles. The van der Waals surface area contributed by atoms with E-state index in [4.69, 9.17) is 9.47 Å². The first-order valence-corrected chi connectivity index (χ1v) is 9.04. The SMILES string of the molecule is CCn1c(=NC(=O)c2cccc(Br)c2)sc2cc3c(cc21)OCO3. The van der Waals surface area contributed by atoms with E-state index in [1.54, 1.807) is 12.1 Å². The van der Waals surface area contributed by atoms with Gasteiger partial charge in [-0.3, -0.25) is 4.79 Å². The molecule has 0 saturated heterocycles. The predicted molar refractivity (Wildman–Crippen MR) is 95.6 cm³/mol. The zero-order valence-electron chi connectivity index (χ0n) is 12.8. The molecule has 3 aromatic rings. The van der Waals surface area contributed by atoms with Gasteiger partial charge < -0.3 is 14.0 Å². The first-order valence-electron chi connectivity index (χ1n) is 7.43. The van der Waals surface area contributed by atoms with Crippen LogP contribution in [0.4, 0.5) is 0 Å². The number of hydrogen-bond acceptors (Lipinski definition) is 4. The Bertz CT molecular complexity index is 1020. The van der Waals surface area contributed by atoms with E-state index >= 15 is 0 Å². The van der Waals surface area contributed by atoms with E-state index in [1.165, 1.54) is 11.3 Å². The molecule has 122 valence electrons. The lowest BCUT2D eigenvalue weighted by atomic mass is 10.2. The molecule has 2 aromatic carbocycles. The number of amides is 1. The number of benzene rings is 2. The summed E-state index contributed by atoms with van der Waals surface area (Å²) in [5, 5.41) is 0. The number of carbonyl (C=O) groups excluding carboxylic acids is 1. The molecule has 0 radical (unpaired) electrons. The van der Waals surface area contributed by atoms with Gasteiger partial charge in [-0.15, -0.1) is 0 Å². The molecule has 1 aliphatic heterocycles. The van der Waals surface area contributed by atoms with E-state index < -0.39 is 0 Å². The van der Waals surface area contributed by atoms with Gasteiger partial charge in [-0.2, -0.15) is 4.99 Å². The Hall–Kier alpha value is -2.12. The van der Waals surface area contributed by atoms with Crippen molar-refractivity contribution in [3.8, 4) is 11.5 Å². The largest absolute Gasteiger partial charge is 0.454 e. The molecule has 4 rings (SSSR count). The van der Waals surface area contributed by atoms with Gasteiger partial charge in [0.15, 0.2) is 16.3 Å². The number of thiazole rings is 1. The lowest BCUT2D eigenvalue weighted by molar-refractivity contribution is 0.0998. The third-order valence-corrected chi connectivity index (χ3v) is 5.30. The van der Waals surface area contributed by atoms with Crippen LogP contribution in [0.3, 0.4) is 0 Å². The van der Waals surface area contributed by atoms with Gasteiger partial charge in [0.05, 0.1) is 10.2 Å². The molecule has 5 nitrogen and oxygen atoms in total. The molecule has 0 unspecified atom stereocenters. The summed E-state index contributed by atoms with van der Waals surface area (Å²) >= 11 is 4.85. The van der Waals surface area contributed by atoms with E-state index in [1.807, 2.05) is 35.8 Å². The van der Waals surface area contributed by atoms with Gasteiger partial charge in [-0.05, 0) is 25.1 Å². The lowest BCUT2D eigenvalue weighted by Gasteiger charge is -2.01. The van der Waals surface area contributed by atoms with Crippen molar-refractivity contribution in [2.24, 2.45) is 4.99 Å². The standard InChI is InChI=1S/C17H13BrN2O3S/c1-2-20-12-7-13-14(23-9-22-13)8-15(12)24-17(20)19-16(21)10-4-3-5-11(18)6-10/h3-8H,2,9H2,1H3. The van der Waals surface area contributed by atoms with Crippen LogP contribution in [-0.2, 0) is 6.54 Å². The maximum absolute atomic E-state index is 12.5. The Kier molecular flexibility index (Phi) is 3.90. The summed E-state index contributed by atoms with van der Waals surface area (Å²) in [5.74, 6) is 1.20. The molecule has 0 fully saturated rings. The van der Waals surface area contributed by atoms with Crippen molar-refractivity contribution < 1.29 is 14.3 Å². The Labute approximate surface area is 150 Å². The normalized spacial score (nSPS) is 13.7. The number of ether oxygens (including phenoxy) is 2. The Morgan fingerprint density at radius 1 is 1.29 bits per heavy atom. The molecule has 24 heavy (non-hydrogen) atoms. The van der Waals surface area contributed by atoms with Gasteiger partial charge in [0, 0.05) is 28.7 Å². The number of aromatic nitrogens is 1. The van der Waals surface area contributed by atoms with E-state index in [9.17, 15) is 4.79 Å². The van der Waals surface area contributed by atoms with Crippen LogP contribution in [0, 0.1) is 0 Å². The third-order valence-electron chi connectivity index (χ3n) is 3.76. The topological polar surface area (TPSA) is 52.8 Å². The predicted octanol–water partition coefficient (Wildman–Crippen LogP) is 3.96. The van der Waals surface area contributed by atoms with Crippen LogP contribution in [0.15, 0.2) is 45.9 Å². The second kappa shape index (κ2) is 6.07. The lowest BCUT2D eigenvalue weighted by Crippen LogP contribution is -2.15. The van der Waals surface area contributed by atoms with Crippen molar-refractivity contribution >= 4 is 43.4 Å². The summed E-state index contributed by atoms with van der Waals surface area (Å²) in [4.78, 5) is 17.5. The Morgan fingerprint density at radius 2 is 2.08 bits per heavy atom. The van der Waals surface area contributed by atoms with Gasteiger partial charge in [0.25, 0.3) is 5.91 Å². The Balaban J connectivity index is 1.85. The van der Waals surface area contributed by atoms with Crippen LogP contribution in [0.2, 0.25) is 0 Å². The van der Waals surface area contributed by atoms with Gasteiger partial charge in [0.2, 0.25) is 6.79 Å². The van der Waals surface area contributed by atoms with Crippen LogP contribution in [0.5, 0.6) is 11.5 Å². The van der Waals surface area contributed by atoms with Crippen LogP contribution >= 0.6 is 27.3 Å². The fourth-order valence-corrected chi connectivity index (χ4v) is 4.13. The summed E-state index contributed by atoms with van der Waals surface area (Å²) in [6.45, 7) is 2.99. The fourth-order valence-electron chi connectivity index (χ4n) is 2.62. The van der Waals surface area contributed by atoms with E-state index in [2.05, 4.69) is 20.9 Å². The maximum Gasteiger partial charge on any atom is 0.279 e. The highest BCUT2D eigenvalue weighted by atomic mass is 79.9. The summed E-state index contributed by atoms with van der Waals surface area (Å²) in [6.07, 6.45) is 0. The van der Waals surface area contributed by atoms with Crippen LogP contribution in [0.1, 0.15) is 17.3 Å². The summed E-state index contributed by atoms with van der Waals surface area (Å²) < 4.78 is 14.8. The summed E-state index contributed by atoms with van der Waals surface area (Å²) in [6, 6.07) is 11.1. The highest BCUT2D eigenvalue weighted by Crippen LogP contribution is 2.36. The average molecular weight is 405 g/mol. The molecule has 7 heteroatoms. The molecule has 0 bridgehead atoms. The monoisotopic (exact) mass is 404 g/mol. The van der Waals surface area contributed by atoms with Gasteiger partial charge in [-0.25, -0.2) is 0 Å². The highest BCUT2D eigenvalue weighted by Gasteiger charge is 2.17. The Morgan fingerprint density at radius 3 is 2.83 bits per heavy atom. The first kappa shape index (κ1) is 15.4. The minimum atomic E-state index is -0.259. The number of nitrogens with zero attached hydrogens (tertiary/aromatic N) is 2. The first-order chi connectivity index (χ1) is 11.7. The summed E-state index contributed by atoms with van der Waals surface area (Å²) in [7, 11) is 0. The third kappa shape index (κ3) is 2.63. The number of halogens is 1.